The molecular weight excluding hydrogens is 172 g/mol. The van der Waals surface area contributed by atoms with Gasteiger partial charge in [0.15, 0.2) is 0 Å². The summed E-state index contributed by atoms with van der Waals surface area (Å²) in [6.45, 7) is 1.95. The average molecular weight is 188 g/mol. The second-order valence-electron chi connectivity index (χ2n) is 2.79. The molecule has 0 aromatic rings. The first kappa shape index (κ1) is 11.9. The molecular formula is C9H16O4. The molecule has 0 saturated heterocycles. The maximum atomic E-state index is 11.1. The van der Waals surface area contributed by atoms with Crippen LogP contribution in [0.25, 0.3) is 0 Å². The van der Waals surface area contributed by atoms with Crippen LogP contribution in [0.2, 0.25) is 0 Å². The second kappa shape index (κ2) is 6.46. The molecule has 4 heteroatoms. The Morgan fingerprint density at radius 3 is 2.23 bits per heavy atom. The van der Waals surface area contributed by atoms with Crippen LogP contribution in [0, 0.1) is 5.92 Å². The van der Waals surface area contributed by atoms with E-state index in [-0.39, 0.29) is 24.3 Å². The highest BCUT2D eigenvalue weighted by Crippen LogP contribution is 2.13. The van der Waals surface area contributed by atoms with E-state index in [0.29, 0.717) is 6.42 Å². The summed E-state index contributed by atoms with van der Waals surface area (Å²) < 4.78 is 9.04. The SMILES string of the molecule is CCC[C@@H](CC(=O)OC)C(=O)OC. The van der Waals surface area contributed by atoms with Crippen molar-refractivity contribution in [3.05, 3.63) is 0 Å². The lowest BCUT2D eigenvalue weighted by Crippen LogP contribution is -2.20. The van der Waals surface area contributed by atoms with Crippen LogP contribution < -0.4 is 0 Å². The molecule has 4 nitrogen and oxygen atoms in total. The molecule has 0 saturated carbocycles. The van der Waals surface area contributed by atoms with Crippen LogP contribution in [0.3, 0.4) is 0 Å². The molecule has 0 bridgehead atoms. The van der Waals surface area contributed by atoms with Gasteiger partial charge in [-0.3, -0.25) is 9.59 Å². The van der Waals surface area contributed by atoms with Crippen LogP contribution >= 0.6 is 0 Å². The zero-order valence-corrected chi connectivity index (χ0v) is 8.33. The number of hydrogen-bond acceptors (Lipinski definition) is 4. The summed E-state index contributed by atoms with van der Waals surface area (Å²) in [6.07, 6.45) is 1.61. The van der Waals surface area contributed by atoms with Gasteiger partial charge in [0.25, 0.3) is 0 Å². The Labute approximate surface area is 78.2 Å². The first-order valence-corrected chi connectivity index (χ1v) is 4.30. The summed E-state index contributed by atoms with van der Waals surface area (Å²) in [6, 6.07) is 0. The Morgan fingerprint density at radius 2 is 1.85 bits per heavy atom. The molecule has 13 heavy (non-hydrogen) atoms. The van der Waals surface area contributed by atoms with Crippen molar-refractivity contribution in [2.75, 3.05) is 14.2 Å². The van der Waals surface area contributed by atoms with Gasteiger partial charge in [0.05, 0.1) is 26.6 Å². The number of hydrogen-bond donors (Lipinski definition) is 0. The van der Waals surface area contributed by atoms with Crippen LogP contribution in [-0.2, 0) is 19.1 Å². The molecule has 0 aliphatic carbocycles. The van der Waals surface area contributed by atoms with E-state index < -0.39 is 0 Å². The van der Waals surface area contributed by atoms with E-state index >= 15 is 0 Å². The molecule has 0 spiro atoms. The summed E-state index contributed by atoms with van der Waals surface area (Å²) in [5.41, 5.74) is 0. The third kappa shape index (κ3) is 4.50. The fraction of sp³-hybridized carbons (Fsp3) is 0.778. The van der Waals surface area contributed by atoms with Crippen molar-refractivity contribution >= 4 is 11.9 Å². The first-order chi connectivity index (χ1) is 6.15. The van der Waals surface area contributed by atoms with Crippen LogP contribution in [0.4, 0.5) is 0 Å². The quantitative estimate of drug-likeness (QED) is 0.607. The number of rotatable bonds is 5. The zero-order chi connectivity index (χ0) is 10.3. The number of ether oxygens (including phenoxy) is 2. The van der Waals surface area contributed by atoms with Crippen molar-refractivity contribution in [2.24, 2.45) is 5.92 Å². The Hall–Kier alpha value is -1.06. The summed E-state index contributed by atoms with van der Waals surface area (Å²) in [5, 5.41) is 0. The molecule has 0 rings (SSSR count). The van der Waals surface area contributed by atoms with E-state index in [9.17, 15) is 9.59 Å². The largest absolute Gasteiger partial charge is 0.469 e. The standard InChI is InChI=1S/C9H16O4/c1-4-5-7(9(11)13-3)6-8(10)12-2/h7H,4-6H2,1-3H3/t7-/m0/s1. The molecule has 0 aromatic carbocycles. The highest BCUT2D eigenvalue weighted by atomic mass is 16.5. The molecule has 1 atom stereocenters. The van der Waals surface area contributed by atoms with Gasteiger partial charge in [-0.2, -0.15) is 0 Å². The predicted molar refractivity (Wildman–Crippen MR) is 47.0 cm³/mol. The van der Waals surface area contributed by atoms with Gasteiger partial charge in [0.2, 0.25) is 0 Å². The third-order valence-corrected chi connectivity index (χ3v) is 1.81. The smallest absolute Gasteiger partial charge is 0.309 e. The third-order valence-electron chi connectivity index (χ3n) is 1.81. The predicted octanol–water partition coefficient (Wildman–Crippen LogP) is 1.14. The van der Waals surface area contributed by atoms with Crippen molar-refractivity contribution < 1.29 is 19.1 Å². The minimum absolute atomic E-state index is 0.108. The van der Waals surface area contributed by atoms with Crippen molar-refractivity contribution in [3.63, 3.8) is 0 Å². The summed E-state index contributed by atoms with van der Waals surface area (Å²) in [4.78, 5) is 22.0. The first-order valence-electron chi connectivity index (χ1n) is 4.30. The second-order valence-corrected chi connectivity index (χ2v) is 2.79. The normalized spacial score (nSPS) is 11.9. The highest BCUT2D eigenvalue weighted by molar-refractivity contribution is 5.79. The molecule has 0 aromatic heterocycles. The molecule has 0 unspecified atom stereocenters. The van der Waals surface area contributed by atoms with Crippen molar-refractivity contribution in [2.45, 2.75) is 26.2 Å². The molecule has 0 aliphatic heterocycles. The van der Waals surface area contributed by atoms with Crippen LogP contribution in [0.1, 0.15) is 26.2 Å². The Morgan fingerprint density at radius 1 is 1.23 bits per heavy atom. The van der Waals surface area contributed by atoms with Crippen LogP contribution in [0.15, 0.2) is 0 Å². The van der Waals surface area contributed by atoms with E-state index in [2.05, 4.69) is 9.47 Å². The highest BCUT2D eigenvalue weighted by Gasteiger charge is 2.21. The van der Waals surface area contributed by atoms with E-state index in [0.717, 1.165) is 6.42 Å². The van der Waals surface area contributed by atoms with Gasteiger partial charge >= 0.3 is 11.9 Å². The lowest BCUT2D eigenvalue weighted by Gasteiger charge is -2.11. The molecule has 0 fully saturated rings. The molecule has 0 N–H and O–H groups in total. The molecule has 0 aliphatic rings. The maximum absolute atomic E-state index is 11.1. The summed E-state index contributed by atoms with van der Waals surface area (Å²) >= 11 is 0. The van der Waals surface area contributed by atoms with E-state index in [4.69, 9.17) is 0 Å². The van der Waals surface area contributed by atoms with Gasteiger partial charge in [0, 0.05) is 0 Å². The fourth-order valence-electron chi connectivity index (χ4n) is 1.10. The van der Waals surface area contributed by atoms with Gasteiger partial charge in [0.1, 0.15) is 0 Å². The number of carbonyl (C=O) groups excluding carboxylic acids is 2. The Kier molecular flexibility index (Phi) is 5.93. The number of carbonyl (C=O) groups is 2. The van der Waals surface area contributed by atoms with Gasteiger partial charge in [-0.15, -0.1) is 0 Å². The fourth-order valence-corrected chi connectivity index (χ4v) is 1.10. The average Bonchev–Trinajstić information content (AvgIpc) is 2.15. The Balaban J connectivity index is 4.08. The lowest BCUT2D eigenvalue weighted by molar-refractivity contribution is -0.152. The van der Waals surface area contributed by atoms with Crippen LogP contribution in [-0.4, -0.2) is 26.2 Å². The van der Waals surface area contributed by atoms with E-state index in [1.165, 1.54) is 14.2 Å². The minimum atomic E-state index is -0.371. The van der Waals surface area contributed by atoms with Crippen molar-refractivity contribution in [3.8, 4) is 0 Å². The van der Waals surface area contributed by atoms with Crippen LogP contribution in [0.5, 0.6) is 0 Å². The monoisotopic (exact) mass is 188 g/mol. The van der Waals surface area contributed by atoms with Crippen molar-refractivity contribution in [1.29, 1.82) is 0 Å². The molecule has 0 heterocycles. The number of esters is 2. The van der Waals surface area contributed by atoms with E-state index in [1.54, 1.807) is 0 Å². The van der Waals surface area contributed by atoms with Gasteiger partial charge in [-0.05, 0) is 6.42 Å². The summed E-state index contributed by atoms with van der Waals surface area (Å²) in [7, 11) is 2.63. The summed E-state index contributed by atoms with van der Waals surface area (Å²) in [5.74, 6) is -1.07. The van der Waals surface area contributed by atoms with Gasteiger partial charge in [-0.25, -0.2) is 0 Å². The maximum Gasteiger partial charge on any atom is 0.309 e. The zero-order valence-electron chi connectivity index (χ0n) is 8.33. The van der Waals surface area contributed by atoms with E-state index in [1.807, 2.05) is 6.92 Å². The molecule has 0 radical (unpaired) electrons. The minimum Gasteiger partial charge on any atom is -0.469 e. The topological polar surface area (TPSA) is 52.6 Å². The Bertz CT molecular complexity index is 176. The lowest BCUT2D eigenvalue weighted by atomic mass is 10.0. The molecule has 0 amide bonds. The van der Waals surface area contributed by atoms with Gasteiger partial charge in [-0.1, -0.05) is 13.3 Å². The van der Waals surface area contributed by atoms with Gasteiger partial charge < -0.3 is 9.47 Å². The number of methoxy groups -OCH3 is 2. The van der Waals surface area contributed by atoms with Crippen molar-refractivity contribution in [1.82, 2.24) is 0 Å². The molecule has 76 valence electrons.